The van der Waals surface area contributed by atoms with E-state index >= 15 is 0 Å². The van der Waals surface area contributed by atoms with E-state index in [9.17, 15) is 0 Å². The van der Waals surface area contributed by atoms with Crippen LogP contribution in [0.15, 0.2) is 218 Å². The Balaban J connectivity index is 1.12. The third kappa shape index (κ3) is 7.17. The second kappa shape index (κ2) is 16.5. The molecule has 0 amide bonds. The smallest absolute Gasteiger partial charge is 0.333 e. The molecule has 0 fully saturated rings. The van der Waals surface area contributed by atoms with Crippen molar-refractivity contribution in [1.29, 1.82) is 0 Å². The number of hydrogen-bond donors (Lipinski definition) is 0. The Labute approximate surface area is 432 Å². The van der Waals surface area contributed by atoms with Crippen molar-refractivity contribution in [2.24, 2.45) is 0 Å². The fourth-order valence-corrected chi connectivity index (χ4v) is 12.3. The van der Waals surface area contributed by atoms with Crippen LogP contribution in [0, 0.1) is 0 Å². The minimum atomic E-state index is -0.293. The van der Waals surface area contributed by atoms with Crippen molar-refractivity contribution < 1.29 is 0 Å². The molecule has 4 heteroatoms. The van der Waals surface area contributed by atoms with Crippen molar-refractivity contribution in [3.63, 3.8) is 0 Å². The van der Waals surface area contributed by atoms with Crippen molar-refractivity contribution in [3.8, 4) is 33.4 Å². The molecule has 3 aliphatic rings. The molecule has 0 aliphatic carbocycles. The molecule has 3 aliphatic heterocycles. The summed E-state index contributed by atoms with van der Waals surface area (Å²) in [6, 6.07) is 82.5. The van der Waals surface area contributed by atoms with Crippen molar-refractivity contribution in [1.82, 2.24) is 0 Å². The van der Waals surface area contributed by atoms with Gasteiger partial charge in [0.25, 0.3) is 0 Å². The number of hydrogen-bond acceptors (Lipinski definition) is 3. The average molecular weight is 942 g/mol. The number of para-hydroxylation sites is 1. The Kier molecular flexibility index (Phi) is 10.1. The van der Waals surface area contributed by atoms with E-state index in [1.54, 1.807) is 0 Å². The van der Waals surface area contributed by atoms with Crippen LogP contribution in [0.25, 0.3) is 44.2 Å². The van der Waals surface area contributed by atoms with Crippen LogP contribution in [-0.4, -0.2) is 6.85 Å². The molecule has 0 radical (unpaired) electrons. The van der Waals surface area contributed by atoms with Crippen molar-refractivity contribution in [3.05, 3.63) is 241 Å². The van der Waals surface area contributed by atoms with Crippen LogP contribution in [0.4, 0.5) is 45.5 Å². The maximum atomic E-state index is 2.68. The lowest BCUT2D eigenvalue weighted by atomic mass is 9.42. The monoisotopic (exact) mass is 941 g/mol. The predicted octanol–water partition coefficient (Wildman–Crippen LogP) is 17.6. The fourth-order valence-electron chi connectivity index (χ4n) is 12.3. The molecule has 0 bridgehead atoms. The normalized spacial score (nSPS) is 14.1. The summed E-state index contributed by atoms with van der Waals surface area (Å²) in [7, 11) is 0. The van der Waals surface area contributed by atoms with Gasteiger partial charge >= 0.3 is 6.85 Å². The first-order valence-electron chi connectivity index (χ1n) is 26.0. The van der Waals surface area contributed by atoms with Crippen LogP contribution in [0.2, 0.25) is 0 Å². The highest BCUT2D eigenvalue weighted by atomic mass is 15.2. The third-order valence-electron chi connectivity index (χ3n) is 16.1. The van der Waals surface area contributed by atoms with Crippen LogP contribution in [0.1, 0.15) is 77.6 Å². The molecule has 354 valence electrons. The van der Waals surface area contributed by atoms with Gasteiger partial charge in [-0.25, -0.2) is 0 Å². The predicted molar refractivity (Wildman–Crippen MR) is 313 cm³/mol. The molecule has 0 unspecified atom stereocenters. The molecule has 10 aromatic carbocycles. The van der Waals surface area contributed by atoms with Gasteiger partial charge in [-0.2, -0.15) is 0 Å². The van der Waals surface area contributed by atoms with Crippen molar-refractivity contribution in [2.45, 2.75) is 71.6 Å². The second-order valence-corrected chi connectivity index (χ2v) is 23.0. The summed E-state index contributed by atoms with van der Waals surface area (Å²) in [5.41, 5.74) is 24.4. The first kappa shape index (κ1) is 44.8. The summed E-state index contributed by atoms with van der Waals surface area (Å²) in [5, 5.41) is 2.57. The first-order valence-corrected chi connectivity index (χ1v) is 26.0. The lowest BCUT2D eigenvalue weighted by Crippen LogP contribution is -2.62. The summed E-state index contributed by atoms with van der Waals surface area (Å²) in [6.07, 6.45) is 0. The second-order valence-electron chi connectivity index (χ2n) is 23.0. The van der Waals surface area contributed by atoms with Crippen LogP contribution < -0.4 is 25.5 Å². The SMILES string of the molecule is CC(C)(C)c1ccc(N(c2ccc(C(C)(C)C)cc2)c2ccc3c(c2)N(c2cccc(-c4ccccc4)c2)B2c4cccc5c4N(c4cc(-c6ccccc6)cc-3c42)c2ccc3ccccc3c2C5(C)C)cc1. The molecule has 3 nitrogen and oxygen atoms in total. The summed E-state index contributed by atoms with van der Waals surface area (Å²) in [6.45, 7) is 18.5. The quantitative estimate of drug-likeness (QED) is 0.154. The lowest BCUT2D eigenvalue weighted by Gasteiger charge is -2.51. The largest absolute Gasteiger partial charge is 0.376 e. The minimum Gasteiger partial charge on any atom is -0.376 e. The number of rotatable bonds is 6. The van der Waals surface area contributed by atoms with Gasteiger partial charge in [0.15, 0.2) is 0 Å². The number of fused-ring (bicyclic) bond motifs is 8. The highest BCUT2D eigenvalue weighted by Crippen LogP contribution is 2.57. The van der Waals surface area contributed by atoms with Gasteiger partial charge in [-0.15, -0.1) is 0 Å². The zero-order valence-corrected chi connectivity index (χ0v) is 43.2. The molecular formula is C69H60BN3. The van der Waals surface area contributed by atoms with E-state index in [4.69, 9.17) is 0 Å². The summed E-state index contributed by atoms with van der Waals surface area (Å²) >= 11 is 0. The standard InChI is InChI=1S/C69H60BN3/c1-67(2,3)50-30-34-52(35-31-50)71(53-36-32-51(33-37-53)68(4,5)6)54-38-39-57-58-42-49(46-21-13-10-14-22-46)43-63-65(58)70(73(62(57)44-54)55-25-17-24-48(41-55)45-19-11-9-12-20-45)60-28-18-27-59-66(60)72(63)61-40-29-47-23-15-16-26-56(47)64(61)69(59,7)8/h9-44H,1-8H3. The topological polar surface area (TPSA) is 9.72 Å². The maximum absolute atomic E-state index is 2.68. The molecule has 0 saturated heterocycles. The number of anilines is 8. The summed E-state index contributed by atoms with van der Waals surface area (Å²) in [4.78, 5) is 7.77. The summed E-state index contributed by atoms with van der Waals surface area (Å²) in [5.74, 6) is 0. The van der Waals surface area contributed by atoms with Crippen LogP contribution >= 0.6 is 0 Å². The molecule has 0 atom stereocenters. The van der Waals surface area contributed by atoms with E-state index in [2.05, 4.69) is 288 Å². The highest BCUT2D eigenvalue weighted by molar-refractivity contribution is 6.93. The van der Waals surface area contributed by atoms with Gasteiger partial charge in [0.05, 0.1) is 5.69 Å². The average Bonchev–Trinajstić information content (AvgIpc) is 3.40. The van der Waals surface area contributed by atoms with Gasteiger partial charge in [-0.3, -0.25) is 0 Å². The van der Waals surface area contributed by atoms with Gasteiger partial charge in [0.2, 0.25) is 0 Å². The van der Waals surface area contributed by atoms with E-state index in [1.807, 2.05) is 0 Å². The Morgan fingerprint density at radius 1 is 0.438 bits per heavy atom. The third-order valence-corrected chi connectivity index (χ3v) is 16.1. The molecule has 0 aromatic heterocycles. The van der Waals surface area contributed by atoms with E-state index < -0.39 is 0 Å². The van der Waals surface area contributed by atoms with Crippen LogP contribution in [0.5, 0.6) is 0 Å². The zero-order valence-electron chi connectivity index (χ0n) is 43.2. The molecule has 10 aromatic rings. The van der Waals surface area contributed by atoms with Gasteiger partial charge in [-0.05, 0) is 149 Å². The molecule has 3 heterocycles. The molecular weight excluding hydrogens is 882 g/mol. The molecule has 0 spiro atoms. The van der Waals surface area contributed by atoms with E-state index in [0.717, 1.165) is 22.7 Å². The maximum Gasteiger partial charge on any atom is 0.333 e. The summed E-state index contributed by atoms with van der Waals surface area (Å²) < 4.78 is 0. The molecule has 73 heavy (non-hydrogen) atoms. The number of nitrogens with zero attached hydrogens (tertiary/aromatic N) is 3. The lowest BCUT2D eigenvalue weighted by molar-refractivity contribution is 0.590. The Morgan fingerprint density at radius 2 is 1.03 bits per heavy atom. The highest BCUT2D eigenvalue weighted by Gasteiger charge is 2.50. The van der Waals surface area contributed by atoms with Crippen LogP contribution in [-0.2, 0) is 16.2 Å². The fraction of sp³-hybridized carbons (Fsp3) is 0.159. The van der Waals surface area contributed by atoms with E-state index in [0.29, 0.717) is 0 Å². The van der Waals surface area contributed by atoms with Gasteiger partial charge in [-0.1, -0.05) is 207 Å². The van der Waals surface area contributed by atoms with Crippen molar-refractivity contribution in [2.75, 3.05) is 14.6 Å². The molecule has 0 saturated carbocycles. The number of benzene rings is 10. The van der Waals surface area contributed by atoms with E-state index in [-0.39, 0.29) is 23.1 Å². The Morgan fingerprint density at radius 3 is 1.68 bits per heavy atom. The van der Waals surface area contributed by atoms with Gasteiger partial charge in [0.1, 0.15) is 0 Å². The first-order chi connectivity index (χ1) is 35.2. The van der Waals surface area contributed by atoms with Crippen LogP contribution in [0.3, 0.4) is 0 Å². The Hall–Kier alpha value is -8.08. The minimum absolute atomic E-state index is 0.0282. The van der Waals surface area contributed by atoms with Gasteiger partial charge in [0, 0.05) is 50.8 Å². The zero-order chi connectivity index (χ0) is 50.0. The van der Waals surface area contributed by atoms with Crippen molar-refractivity contribution >= 4 is 74.0 Å². The van der Waals surface area contributed by atoms with E-state index in [1.165, 1.54) is 100 Å². The Bertz CT molecular complexity index is 3730. The van der Waals surface area contributed by atoms with Gasteiger partial charge < -0.3 is 14.6 Å². The molecule has 13 rings (SSSR count). The molecule has 0 N–H and O–H groups in total.